The fraction of sp³-hybridized carbons (Fsp3) is 0.133. The molecule has 0 saturated heterocycles. The molecule has 1 amide bonds. The van der Waals surface area contributed by atoms with E-state index < -0.39 is 0 Å². The summed E-state index contributed by atoms with van der Waals surface area (Å²) in [5, 5.41) is 2.72. The van der Waals surface area contributed by atoms with Crippen molar-refractivity contribution >= 4 is 24.2 Å². The van der Waals surface area contributed by atoms with Crippen LogP contribution in [0.5, 0.6) is 0 Å². The quantitative estimate of drug-likeness (QED) is 0.823. The first kappa shape index (κ1) is 13.6. The van der Waals surface area contributed by atoms with Crippen LogP contribution < -0.4 is 5.32 Å². The maximum atomic E-state index is 13.1. The highest BCUT2D eigenvalue weighted by atomic mass is 32.1. The van der Waals surface area contributed by atoms with E-state index in [-0.39, 0.29) is 18.1 Å². The molecule has 2 nitrogen and oxygen atoms in total. The second kappa shape index (κ2) is 5.89. The number of benzene rings is 2. The summed E-state index contributed by atoms with van der Waals surface area (Å²) < 4.78 is 13.1. The number of rotatable bonds is 3. The first-order valence-corrected chi connectivity index (χ1v) is 6.33. The number of anilines is 1. The molecule has 2 aromatic carbocycles. The first-order valence-electron chi connectivity index (χ1n) is 5.88. The zero-order chi connectivity index (χ0) is 13.8. The summed E-state index contributed by atoms with van der Waals surface area (Å²) in [4.78, 5) is 12.7. The van der Waals surface area contributed by atoms with Gasteiger partial charge in [0.25, 0.3) is 0 Å². The minimum absolute atomic E-state index is 0.166. The Morgan fingerprint density at radius 2 is 1.89 bits per heavy atom. The Morgan fingerprint density at radius 3 is 2.58 bits per heavy atom. The molecule has 0 unspecified atom stereocenters. The van der Waals surface area contributed by atoms with E-state index in [1.54, 1.807) is 6.07 Å². The van der Waals surface area contributed by atoms with E-state index >= 15 is 0 Å². The molecule has 0 bridgehead atoms. The number of halogens is 1. The average molecular weight is 275 g/mol. The molecule has 0 aliphatic rings. The number of hydrogen-bond donors (Lipinski definition) is 2. The van der Waals surface area contributed by atoms with Crippen LogP contribution in [-0.2, 0) is 11.2 Å². The average Bonchev–Trinajstić information content (AvgIpc) is 2.37. The summed E-state index contributed by atoms with van der Waals surface area (Å²) in [6, 6.07) is 11.7. The lowest BCUT2D eigenvalue weighted by atomic mass is 10.1. The van der Waals surface area contributed by atoms with Gasteiger partial charge in [-0.15, -0.1) is 12.6 Å². The van der Waals surface area contributed by atoms with Crippen molar-refractivity contribution in [2.24, 2.45) is 0 Å². The first-order chi connectivity index (χ1) is 9.04. The minimum Gasteiger partial charge on any atom is -0.325 e. The summed E-state index contributed by atoms with van der Waals surface area (Å²) in [6.07, 6.45) is 0.254. The van der Waals surface area contributed by atoms with Crippen molar-refractivity contribution in [1.29, 1.82) is 0 Å². The predicted molar refractivity (Wildman–Crippen MR) is 77.2 cm³/mol. The molecule has 0 aliphatic heterocycles. The molecule has 0 aromatic heterocycles. The zero-order valence-corrected chi connectivity index (χ0v) is 11.4. The molecule has 0 saturated carbocycles. The lowest BCUT2D eigenvalue weighted by molar-refractivity contribution is -0.115. The molecule has 1 N–H and O–H groups in total. The smallest absolute Gasteiger partial charge is 0.228 e. The molecule has 98 valence electrons. The third kappa shape index (κ3) is 3.83. The van der Waals surface area contributed by atoms with Gasteiger partial charge in [0.05, 0.1) is 6.42 Å². The van der Waals surface area contributed by atoms with E-state index in [4.69, 9.17) is 0 Å². The molecule has 0 spiro atoms. The Balaban J connectivity index is 2.05. The van der Waals surface area contributed by atoms with Gasteiger partial charge in [0.15, 0.2) is 0 Å². The Morgan fingerprint density at radius 1 is 1.21 bits per heavy atom. The van der Waals surface area contributed by atoms with E-state index in [2.05, 4.69) is 17.9 Å². The Hall–Kier alpha value is -1.81. The number of hydrogen-bond acceptors (Lipinski definition) is 2. The van der Waals surface area contributed by atoms with Crippen LogP contribution in [0.4, 0.5) is 10.1 Å². The van der Waals surface area contributed by atoms with Crippen LogP contribution in [0, 0.1) is 12.7 Å². The number of carbonyl (C=O) groups excluding carboxylic acids is 1. The fourth-order valence-electron chi connectivity index (χ4n) is 1.72. The second-order valence-corrected chi connectivity index (χ2v) is 4.87. The number of carbonyl (C=O) groups is 1. The predicted octanol–water partition coefficient (Wildman–Crippen LogP) is 3.60. The van der Waals surface area contributed by atoms with Gasteiger partial charge in [0.1, 0.15) is 5.82 Å². The SMILES string of the molecule is Cc1ccc(F)cc1NC(=O)Cc1ccc(S)cc1. The van der Waals surface area contributed by atoms with Crippen molar-refractivity contribution in [3.05, 3.63) is 59.4 Å². The summed E-state index contributed by atoms with van der Waals surface area (Å²) in [5.41, 5.74) is 2.24. The van der Waals surface area contributed by atoms with Crippen molar-refractivity contribution in [3.63, 3.8) is 0 Å². The molecule has 0 aliphatic carbocycles. The Bertz CT molecular complexity index is 596. The molecule has 0 heterocycles. The highest BCUT2D eigenvalue weighted by Gasteiger charge is 2.07. The van der Waals surface area contributed by atoms with Crippen LogP contribution in [0.1, 0.15) is 11.1 Å². The summed E-state index contributed by atoms with van der Waals surface area (Å²) >= 11 is 4.18. The van der Waals surface area contributed by atoms with Crippen LogP contribution in [0.3, 0.4) is 0 Å². The molecule has 2 rings (SSSR count). The van der Waals surface area contributed by atoms with Crippen LogP contribution >= 0.6 is 12.6 Å². The van der Waals surface area contributed by atoms with Crippen LogP contribution in [0.25, 0.3) is 0 Å². The van der Waals surface area contributed by atoms with Crippen LogP contribution in [0.15, 0.2) is 47.4 Å². The summed E-state index contributed by atoms with van der Waals surface area (Å²) in [7, 11) is 0. The summed E-state index contributed by atoms with van der Waals surface area (Å²) in [5.74, 6) is -0.527. The molecule has 0 atom stereocenters. The van der Waals surface area contributed by atoms with E-state index in [9.17, 15) is 9.18 Å². The van der Waals surface area contributed by atoms with Gasteiger partial charge < -0.3 is 5.32 Å². The van der Waals surface area contributed by atoms with E-state index in [1.165, 1.54) is 12.1 Å². The van der Waals surface area contributed by atoms with E-state index in [0.717, 1.165) is 16.0 Å². The Kier molecular flexibility index (Phi) is 4.22. The maximum Gasteiger partial charge on any atom is 0.228 e. The van der Waals surface area contributed by atoms with Gasteiger partial charge in [0.2, 0.25) is 5.91 Å². The topological polar surface area (TPSA) is 29.1 Å². The number of thiol groups is 1. The second-order valence-electron chi connectivity index (χ2n) is 4.35. The van der Waals surface area contributed by atoms with Crippen LogP contribution in [-0.4, -0.2) is 5.91 Å². The number of nitrogens with one attached hydrogen (secondary N) is 1. The molecule has 4 heteroatoms. The highest BCUT2D eigenvalue weighted by molar-refractivity contribution is 7.80. The van der Waals surface area contributed by atoms with Crippen molar-refractivity contribution in [2.45, 2.75) is 18.2 Å². The zero-order valence-electron chi connectivity index (χ0n) is 10.5. The molecular weight excluding hydrogens is 261 g/mol. The number of amides is 1. The fourth-order valence-corrected chi connectivity index (χ4v) is 1.87. The van der Waals surface area contributed by atoms with Crippen molar-refractivity contribution in [3.8, 4) is 0 Å². The summed E-state index contributed by atoms with van der Waals surface area (Å²) in [6.45, 7) is 1.82. The molecule has 19 heavy (non-hydrogen) atoms. The van der Waals surface area contributed by atoms with Crippen molar-refractivity contribution in [2.75, 3.05) is 5.32 Å². The highest BCUT2D eigenvalue weighted by Crippen LogP contribution is 2.16. The third-order valence-corrected chi connectivity index (χ3v) is 3.07. The largest absolute Gasteiger partial charge is 0.325 e. The van der Waals surface area contributed by atoms with Gasteiger partial charge in [-0.2, -0.15) is 0 Å². The molecule has 2 aromatic rings. The molecule has 0 fully saturated rings. The van der Waals surface area contributed by atoms with E-state index in [1.807, 2.05) is 31.2 Å². The van der Waals surface area contributed by atoms with Gasteiger partial charge >= 0.3 is 0 Å². The Labute approximate surface area is 117 Å². The van der Waals surface area contributed by atoms with Gasteiger partial charge in [-0.1, -0.05) is 18.2 Å². The van der Waals surface area contributed by atoms with Gasteiger partial charge in [-0.05, 0) is 42.3 Å². The lowest BCUT2D eigenvalue weighted by Crippen LogP contribution is -2.15. The van der Waals surface area contributed by atoms with Crippen molar-refractivity contribution < 1.29 is 9.18 Å². The van der Waals surface area contributed by atoms with Gasteiger partial charge in [0, 0.05) is 10.6 Å². The number of aryl methyl sites for hydroxylation is 1. The van der Waals surface area contributed by atoms with Gasteiger partial charge in [-0.25, -0.2) is 4.39 Å². The molecular formula is C15H14FNOS. The third-order valence-electron chi connectivity index (χ3n) is 2.77. The van der Waals surface area contributed by atoms with E-state index in [0.29, 0.717) is 5.69 Å². The van der Waals surface area contributed by atoms with Gasteiger partial charge in [-0.3, -0.25) is 4.79 Å². The van der Waals surface area contributed by atoms with Crippen LogP contribution in [0.2, 0.25) is 0 Å². The maximum absolute atomic E-state index is 13.1. The minimum atomic E-state index is -0.361. The standard InChI is InChI=1S/C15H14FNOS/c1-10-2-5-12(16)9-14(10)17-15(18)8-11-3-6-13(19)7-4-11/h2-7,9,19H,8H2,1H3,(H,17,18). The van der Waals surface area contributed by atoms with Crippen molar-refractivity contribution in [1.82, 2.24) is 0 Å². The molecule has 0 radical (unpaired) electrons. The lowest BCUT2D eigenvalue weighted by Gasteiger charge is -2.08. The normalized spacial score (nSPS) is 10.3. The monoisotopic (exact) mass is 275 g/mol.